The third kappa shape index (κ3) is 5.57. The molecule has 1 amide bonds. The lowest BCUT2D eigenvalue weighted by Gasteiger charge is -2.12. The van der Waals surface area contributed by atoms with Gasteiger partial charge in [-0.3, -0.25) is 4.79 Å². The highest BCUT2D eigenvalue weighted by Gasteiger charge is 2.02. The van der Waals surface area contributed by atoms with Crippen LogP contribution in [0.5, 0.6) is 5.75 Å². The van der Waals surface area contributed by atoms with Gasteiger partial charge in [0.05, 0.1) is 13.2 Å². The summed E-state index contributed by atoms with van der Waals surface area (Å²) in [5.74, 6) is 0.711. The van der Waals surface area contributed by atoms with E-state index in [1.165, 1.54) is 11.0 Å². The molecular formula is C15H21NO3. The maximum atomic E-state index is 11.6. The number of benzene rings is 1. The molecule has 0 atom stereocenters. The zero-order chi connectivity index (χ0) is 14.1. The average Bonchev–Trinajstić information content (AvgIpc) is 2.43. The van der Waals surface area contributed by atoms with Crippen LogP contribution in [0.2, 0.25) is 0 Å². The summed E-state index contributed by atoms with van der Waals surface area (Å²) in [5, 5.41) is 8.74. The Kier molecular flexibility index (Phi) is 6.68. The van der Waals surface area contributed by atoms with E-state index in [1.54, 1.807) is 13.1 Å². The molecule has 1 aromatic carbocycles. The monoisotopic (exact) mass is 263 g/mol. The quantitative estimate of drug-likeness (QED) is 0.765. The van der Waals surface area contributed by atoms with Gasteiger partial charge < -0.3 is 14.7 Å². The van der Waals surface area contributed by atoms with E-state index < -0.39 is 0 Å². The van der Waals surface area contributed by atoms with Crippen molar-refractivity contribution in [3.05, 3.63) is 35.9 Å². The topological polar surface area (TPSA) is 49.8 Å². The summed E-state index contributed by atoms with van der Waals surface area (Å²) in [5.41, 5.74) is 0.939. The molecule has 19 heavy (non-hydrogen) atoms. The molecule has 104 valence electrons. The average molecular weight is 263 g/mol. The molecule has 0 bridgehead atoms. The van der Waals surface area contributed by atoms with Gasteiger partial charge in [0, 0.05) is 19.7 Å². The Morgan fingerprint density at radius 1 is 1.37 bits per heavy atom. The second-order valence-electron chi connectivity index (χ2n) is 4.23. The van der Waals surface area contributed by atoms with Crippen LogP contribution in [0.15, 0.2) is 30.3 Å². The predicted molar refractivity (Wildman–Crippen MR) is 76.0 cm³/mol. The zero-order valence-corrected chi connectivity index (χ0v) is 11.5. The molecule has 0 aliphatic carbocycles. The fraction of sp³-hybridized carbons (Fsp3) is 0.400. The van der Waals surface area contributed by atoms with E-state index in [1.807, 2.05) is 24.3 Å². The van der Waals surface area contributed by atoms with E-state index >= 15 is 0 Å². The Bertz CT molecular complexity index is 412. The Hall–Kier alpha value is -1.81. The third-order valence-electron chi connectivity index (χ3n) is 2.58. The van der Waals surface area contributed by atoms with Crippen molar-refractivity contribution in [2.24, 2.45) is 0 Å². The molecule has 0 unspecified atom stereocenters. The van der Waals surface area contributed by atoms with Crippen molar-refractivity contribution in [1.29, 1.82) is 0 Å². The fourth-order valence-corrected chi connectivity index (χ4v) is 1.45. The van der Waals surface area contributed by atoms with Crippen LogP contribution in [0.4, 0.5) is 0 Å². The molecule has 1 aromatic rings. The van der Waals surface area contributed by atoms with Crippen molar-refractivity contribution in [3.8, 4) is 5.75 Å². The zero-order valence-electron chi connectivity index (χ0n) is 11.5. The molecule has 1 rings (SSSR count). The second kappa shape index (κ2) is 8.32. The summed E-state index contributed by atoms with van der Waals surface area (Å²) in [6.45, 7) is 3.08. The number of rotatable bonds is 7. The summed E-state index contributed by atoms with van der Waals surface area (Å²) < 4.78 is 5.48. The highest BCUT2D eigenvalue weighted by atomic mass is 16.5. The van der Waals surface area contributed by atoms with Crippen molar-refractivity contribution in [3.63, 3.8) is 0 Å². The van der Waals surface area contributed by atoms with Gasteiger partial charge in [0.25, 0.3) is 0 Å². The van der Waals surface area contributed by atoms with Gasteiger partial charge in [0.1, 0.15) is 5.75 Å². The van der Waals surface area contributed by atoms with Crippen LogP contribution < -0.4 is 4.74 Å². The highest BCUT2D eigenvalue weighted by molar-refractivity contribution is 5.91. The Morgan fingerprint density at radius 3 is 2.63 bits per heavy atom. The fourth-order valence-electron chi connectivity index (χ4n) is 1.45. The molecule has 4 nitrogen and oxygen atoms in total. The van der Waals surface area contributed by atoms with Gasteiger partial charge in [-0.2, -0.15) is 0 Å². The van der Waals surface area contributed by atoms with Gasteiger partial charge in [-0.15, -0.1) is 0 Å². The number of amides is 1. The molecule has 4 heteroatoms. The maximum absolute atomic E-state index is 11.6. The summed E-state index contributed by atoms with van der Waals surface area (Å²) in [4.78, 5) is 13.1. The van der Waals surface area contributed by atoms with E-state index in [2.05, 4.69) is 6.92 Å². The lowest BCUT2D eigenvalue weighted by molar-refractivity contribution is -0.125. The van der Waals surface area contributed by atoms with E-state index in [0.29, 0.717) is 13.2 Å². The minimum Gasteiger partial charge on any atom is -0.494 e. The number of hydrogen-bond acceptors (Lipinski definition) is 3. The van der Waals surface area contributed by atoms with Gasteiger partial charge in [-0.25, -0.2) is 0 Å². The normalized spacial score (nSPS) is 10.7. The number of aliphatic hydroxyl groups is 1. The van der Waals surface area contributed by atoms with Crippen LogP contribution in [0, 0.1) is 0 Å². The van der Waals surface area contributed by atoms with E-state index in [9.17, 15) is 4.79 Å². The molecule has 0 aliphatic heterocycles. The van der Waals surface area contributed by atoms with Crippen molar-refractivity contribution < 1.29 is 14.6 Å². The van der Waals surface area contributed by atoms with Gasteiger partial charge in [0.2, 0.25) is 5.91 Å². The van der Waals surface area contributed by atoms with E-state index in [-0.39, 0.29) is 12.5 Å². The van der Waals surface area contributed by atoms with Gasteiger partial charge in [0.15, 0.2) is 0 Å². The predicted octanol–water partition coefficient (Wildman–Crippen LogP) is 1.94. The molecule has 0 fully saturated rings. The highest BCUT2D eigenvalue weighted by Crippen LogP contribution is 2.13. The maximum Gasteiger partial charge on any atom is 0.246 e. The van der Waals surface area contributed by atoms with Gasteiger partial charge in [-0.1, -0.05) is 19.1 Å². The van der Waals surface area contributed by atoms with Crippen LogP contribution in [0.3, 0.4) is 0 Å². The Labute approximate surface area is 114 Å². The van der Waals surface area contributed by atoms with Crippen LogP contribution in [0.1, 0.15) is 18.9 Å². The number of carbonyl (C=O) groups excluding carboxylic acids is 1. The molecule has 0 saturated carbocycles. The molecule has 0 aromatic heterocycles. The first-order valence-corrected chi connectivity index (χ1v) is 6.44. The van der Waals surface area contributed by atoms with Crippen LogP contribution >= 0.6 is 0 Å². The minimum absolute atomic E-state index is 0.0282. The lowest BCUT2D eigenvalue weighted by Crippen LogP contribution is -2.27. The Balaban J connectivity index is 2.54. The Morgan fingerprint density at radius 2 is 2.05 bits per heavy atom. The first-order valence-electron chi connectivity index (χ1n) is 6.44. The molecule has 0 heterocycles. The van der Waals surface area contributed by atoms with Crippen LogP contribution in [-0.2, 0) is 4.79 Å². The number of aliphatic hydroxyl groups excluding tert-OH is 1. The number of ether oxygens (including phenoxy) is 1. The van der Waals surface area contributed by atoms with Gasteiger partial charge >= 0.3 is 0 Å². The second-order valence-corrected chi connectivity index (χ2v) is 4.23. The molecular weight excluding hydrogens is 242 g/mol. The number of likely N-dealkylation sites (N-methyl/N-ethyl adjacent to an activating group) is 1. The smallest absolute Gasteiger partial charge is 0.246 e. The summed E-state index contributed by atoms with van der Waals surface area (Å²) in [6.07, 6.45) is 4.23. The molecule has 0 spiro atoms. The van der Waals surface area contributed by atoms with Crippen molar-refractivity contribution in [2.75, 3.05) is 26.8 Å². The van der Waals surface area contributed by atoms with Crippen molar-refractivity contribution in [2.45, 2.75) is 13.3 Å². The van der Waals surface area contributed by atoms with E-state index in [4.69, 9.17) is 9.84 Å². The van der Waals surface area contributed by atoms with Crippen LogP contribution in [-0.4, -0.2) is 42.7 Å². The molecule has 0 radical (unpaired) electrons. The lowest BCUT2D eigenvalue weighted by atomic mass is 10.2. The van der Waals surface area contributed by atoms with Crippen molar-refractivity contribution >= 4 is 12.0 Å². The summed E-state index contributed by atoms with van der Waals surface area (Å²) in [7, 11) is 1.66. The number of hydrogen-bond donors (Lipinski definition) is 1. The molecule has 0 aliphatic rings. The standard InChI is InChI=1S/C15H21NO3/c1-3-12-19-14-7-4-13(5-8-14)6-9-15(18)16(2)10-11-17/h4-9,17H,3,10-12H2,1-2H3/b9-6+. The molecule has 0 saturated heterocycles. The largest absolute Gasteiger partial charge is 0.494 e. The SMILES string of the molecule is CCCOc1ccc(/C=C/C(=O)N(C)CCO)cc1. The van der Waals surface area contributed by atoms with Crippen LogP contribution in [0.25, 0.3) is 6.08 Å². The number of carbonyl (C=O) groups is 1. The van der Waals surface area contributed by atoms with E-state index in [0.717, 1.165) is 17.7 Å². The first-order chi connectivity index (χ1) is 9.17. The first kappa shape index (κ1) is 15.2. The minimum atomic E-state index is -0.125. The number of nitrogens with zero attached hydrogens (tertiary/aromatic N) is 1. The summed E-state index contributed by atoms with van der Waals surface area (Å²) >= 11 is 0. The third-order valence-corrected chi connectivity index (χ3v) is 2.58. The summed E-state index contributed by atoms with van der Waals surface area (Å²) in [6, 6.07) is 7.58. The van der Waals surface area contributed by atoms with Crippen molar-refractivity contribution in [1.82, 2.24) is 4.90 Å². The van der Waals surface area contributed by atoms with Gasteiger partial charge in [-0.05, 0) is 30.2 Å². The molecule has 1 N–H and O–H groups in total.